The largest absolute Gasteiger partial charge is 0.444 e. The number of hydrogen-bond donors (Lipinski definition) is 0. The summed E-state index contributed by atoms with van der Waals surface area (Å²) in [6.07, 6.45) is 2.21. The van der Waals surface area contributed by atoms with E-state index in [2.05, 4.69) is 23.7 Å². The molecular formula is C30H39ClF2N4O3. The molecule has 1 fully saturated rings. The van der Waals surface area contributed by atoms with Gasteiger partial charge in [0.05, 0.1) is 12.2 Å². The van der Waals surface area contributed by atoms with Crippen molar-refractivity contribution in [1.29, 1.82) is 0 Å². The van der Waals surface area contributed by atoms with E-state index in [0.29, 0.717) is 43.2 Å². The monoisotopic (exact) mass is 576 g/mol. The summed E-state index contributed by atoms with van der Waals surface area (Å²) in [6.45, 7) is 13.2. The number of pyridine rings is 1. The predicted octanol–water partition coefficient (Wildman–Crippen LogP) is 5.51. The zero-order chi connectivity index (χ0) is 29.4. The molecule has 2 amide bonds. The Balaban J connectivity index is 1.53. The Bertz CT molecular complexity index is 1270. The summed E-state index contributed by atoms with van der Waals surface area (Å²) >= 11 is 6.13. The SMILES string of the molecule is CC1CN(CC(=O)N2CC(C)(C)c3cnc(Cc4ccc(F)cc4F)cc32)C(CCCl)CN1C(=O)OC(C)(C)C. The quantitative estimate of drug-likeness (QED) is 0.424. The first-order valence-electron chi connectivity index (χ1n) is 13.7. The number of alkyl halides is 1. The van der Waals surface area contributed by atoms with E-state index in [1.54, 1.807) is 16.0 Å². The average molecular weight is 577 g/mol. The van der Waals surface area contributed by atoms with Crippen LogP contribution >= 0.6 is 11.6 Å². The van der Waals surface area contributed by atoms with Gasteiger partial charge in [-0.15, -0.1) is 11.6 Å². The van der Waals surface area contributed by atoms with Crippen molar-refractivity contribution in [3.05, 3.63) is 58.9 Å². The van der Waals surface area contributed by atoms with Crippen molar-refractivity contribution in [2.45, 2.75) is 77.5 Å². The van der Waals surface area contributed by atoms with Gasteiger partial charge in [0.2, 0.25) is 5.91 Å². The van der Waals surface area contributed by atoms with Gasteiger partial charge in [-0.1, -0.05) is 19.9 Å². The third-order valence-corrected chi connectivity index (χ3v) is 7.78. The minimum atomic E-state index is -0.629. The molecule has 0 N–H and O–H groups in total. The summed E-state index contributed by atoms with van der Waals surface area (Å²) < 4.78 is 33.3. The van der Waals surface area contributed by atoms with Crippen molar-refractivity contribution in [1.82, 2.24) is 14.8 Å². The Labute approximate surface area is 240 Å². The first-order valence-corrected chi connectivity index (χ1v) is 14.3. The molecule has 40 heavy (non-hydrogen) atoms. The van der Waals surface area contributed by atoms with Crippen LogP contribution in [0.2, 0.25) is 0 Å². The van der Waals surface area contributed by atoms with E-state index in [-0.39, 0.29) is 42.5 Å². The molecule has 2 aliphatic heterocycles. The molecule has 2 atom stereocenters. The number of rotatable bonds is 6. The zero-order valence-electron chi connectivity index (χ0n) is 24.1. The standard InChI is InChI=1S/C30H39ClF2N4O3/c1-19-15-35(23(9-10-31)16-36(19)28(39)40-29(2,3)4)17-27(38)37-18-30(5,6)24-14-34-22(13-26(24)37)11-20-7-8-21(32)12-25(20)33/h7-8,12-14,19,23H,9-11,15-18H2,1-6H3. The van der Waals surface area contributed by atoms with E-state index < -0.39 is 17.2 Å². The van der Waals surface area contributed by atoms with Crippen molar-refractivity contribution < 1.29 is 23.1 Å². The van der Waals surface area contributed by atoms with E-state index in [0.717, 1.165) is 17.3 Å². The van der Waals surface area contributed by atoms with Gasteiger partial charge in [-0.25, -0.2) is 13.6 Å². The van der Waals surface area contributed by atoms with Gasteiger partial charge >= 0.3 is 6.09 Å². The fraction of sp³-hybridized carbons (Fsp3) is 0.567. The molecule has 0 aliphatic carbocycles. The number of anilines is 1. The molecule has 218 valence electrons. The number of carbonyl (C=O) groups is 2. The van der Waals surface area contributed by atoms with Crippen LogP contribution in [0.15, 0.2) is 30.5 Å². The Morgan fingerprint density at radius 2 is 1.90 bits per heavy atom. The molecule has 7 nitrogen and oxygen atoms in total. The second kappa shape index (κ2) is 11.6. The molecule has 3 heterocycles. The fourth-order valence-corrected chi connectivity index (χ4v) is 5.77. The van der Waals surface area contributed by atoms with E-state index in [4.69, 9.17) is 16.3 Å². The number of piperazine rings is 1. The van der Waals surface area contributed by atoms with Gasteiger partial charge in [0, 0.05) is 73.0 Å². The molecule has 0 spiro atoms. The minimum absolute atomic E-state index is 0.0607. The average Bonchev–Trinajstić information content (AvgIpc) is 3.11. The minimum Gasteiger partial charge on any atom is -0.444 e. The maximum atomic E-state index is 14.3. The number of fused-ring (bicyclic) bond motifs is 1. The number of halogens is 3. The van der Waals surface area contributed by atoms with Crippen LogP contribution in [0.5, 0.6) is 0 Å². The summed E-state index contributed by atoms with van der Waals surface area (Å²) in [5.74, 6) is -0.911. The highest BCUT2D eigenvalue weighted by atomic mass is 35.5. The van der Waals surface area contributed by atoms with Crippen molar-refractivity contribution in [3.8, 4) is 0 Å². The van der Waals surface area contributed by atoms with Crippen LogP contribution in [-0.2, 0) is 21.4 Å². The Hall–Kier alpha value is -2.78. The van der Waals surface area contributed by atoms with E-state index in [9.17, 15) is 18.4 Å². The topological polar surface area (TPSA) is 66.0 Å². The normalized spacial score (nSPS) is 20.9. The van der Waals surface area contributed by atoms with Crippen LogP contribution in [0, 0.1) is 11.6 Å². The maximum absolute atomic E-state index is 14.3. The Morgan fingerprint density at radius 1 is 1.18 bits per heavy atom. The molecule has 0 radical (unpaired) electrons. The lowest BCUT2D eigenvalue weighted by molar-refractivity contribution is -0.121. The first kappa shape index (κ1) is 30.2. The van der Waals surface area contributed by atoms with E-state index in [1.807, 2.05) is 33.8 Å². The summed E-state index contributed by atoms with van der Waals surface area (Å²) in [7, 11) is 0. The van der Waals surface area contributed by atoms with Gasteiger partial charge in [-0.2, -0.15) is 0 Å². The highest BCUT2D eigenvalue weighted by Crippen LogP contribution is 2.41. The number of amides is 2. The van der Waals surface area contributed by atoms with E-state index in [1.165, 1.54) is 12.1 Å². The van der Waals surface area contributed by atoms with Crippen LogP contribution in [0.4, 0.5) is 19.3 Å². The number of ether oxygens (including phenoxy) is 1. The third kappa shape index (κ3) is 6.74. The smallest absolute Gasteiger partial charge is 0.410 e. The van der Waals surface area contributed by atoms with Gasteiger partial charge in [0.15, 0.2) is 0 Å². The fourth-order valence-electron chi connectivity index (χ4n) is 5.51. The number of aromatic nitrogens is 1. The molecular weight excluding hydrogens is 538 g/mol. The summed E-state index contributed by atoms with van der Waals surface area (Å²) in [6, 6.07) is 5.12. The molecule has 0 bridgehead atoms. The van der Waals surface area contributed by atoms with Crippen LogP contribution in [0.25, 0.3) is 0 Å². The lowest BCUT2D eigenvalue weighted by Crippen LogP contribution is -2.61. The van der Waals surface area contributed by atoms with Crippen LogP contribution in [-0.4, -0.2) is 76.5 Å². The van der Waals surface area contributed by atoms with Gasteiger partial charge in [0.1, 0.15) is 17.2 Å². The molecule has 0 saturated carbocycles. The second-order valence-electron chi connectivity index (χ2n) is 12.5. The summed E-state index contributed by atoms with van der Waals surface area (Å²) in [5, 5.41) is 0. The zero-order valence-corrected chi connectivity index (χ0v) is 24.9. The number of nitrogens with zero attached hydrogens (tertiary/aromatic N) is 4. The highest BCUT2D eigenvalue weighted by molar-refractivity contribution is 6.17. The van der Waals surface area contributed by atoms with Crippen molar-refractivity contribution >= 4 is 29.3 Å². The Morgan fingerprint density at radius 3 is 2.55 bits per heavy atom. The van der Waals surface area contributed by atoms with Crippen molar-refractivity contribution in [3.63, 3.8) is 0 Å². The number of hydrogen-bond acceptors (Lipinski definition) is 5. The molecule has 2 aromatic rings. The lowest BCUT2D eigenvalue weighted by Gasteiger charge is -2.45. The molecule has 10 heteroatoms. The molecule has 4 rings (SSSR count). The molecule has 1 aromatic carbocycles. The van der Waals surface area contributed by atoms with Gasteiger partial charge in [-0.3, -0.25) is 14.7 Å². The molecule has 2 aliphatic rings. The molecule has 1 saturated heterocycles. The van der Waals surface area contributed by atoms with Crippen LogP contribution < -0.4 is 4.90 Å². The first-order chi connectivity index (χ1) is 18.7. The third-order valence-electron chi connectivity index (χ3n) is 7.56. The van der Waals surface area contributed by atoms with Gasteiger partial charge in [0.25, 0.3) is 0 Å². The number of carbonyl (C=O) groups excluding carboxylic acids is 2. The lowest BCUT2D eigenvalue weighted by atomic mass is 9.88. The van der Waals surface area contributed by atoms with Gasteiger partial charge < -0.3 is 14.5 Å². The highest BCUT2D eigenvalue weighted by Gasteiger charge is 2.41. The predicted molar refractivity (Wildman–Crippen MR) is 152 cm³/mol. The van der Waals surface area contributed by atoms with Crippen LogP contribution in [0.1, 0.15) is 64.8 Å². The Kier molecular flexibility index (Phi) is 8.76. The molecule has 2 unspecified atom stereocenters. The van der Waals surface area contributed by atoms with Crippen molar-refractivity contribution in [2.24, 2.45) is 0 Å². The van der Waals surface area contributed by atoms with Crippen LogP contribution in [0.3, 0.4) is 0 Å². The number of benzene rings is 1. The molecule has 1 aromatic heterocycles. The van der Waals surface area contributed by atoms with Gasteiger partial charge in [-0.05, 0) is 51.8 Å². The second-order valence-corrected chi connectivity index (χ2v) is 12.9. The van der Waals surface area contributed by atoms with Crippen molar-refractivity contribution in [2.75, 3.05) is 37.0 Å². The summed E-state index contributed by atoms with van der Waals surface area (Å²) in [4.78, 5) is 36.8. The maximum Gasteiger partial charge on any atom is 0.410 e. The summed E-state index contributed by atoms with van der Waals surface area (Å²) in [5.41, 5.74) is 1.74. The van der Waals surface area contributed by atoms with E-state index >= 15 is 0 Å².